The van der Waals surface area contributed by atoms with Gasteiger partial charge in [0.05, 0.1) is 11.2 Å². The van der Waals surface area contributed by atoms with Crippen LogP contribution in [0.25, 0.3) is 0 Å². The zero-order chi connectivity index (χ0) is 16.3. The van der Waals surface area contributed by atoms with Crippen LogP contribution in [0.2, 0.25) is 0 Å². The maximum atomic E-state index is 11.2. The Bertz CT molecular complexity index is 631. The second kappa shape index (κ2) is 6.15. The van der Waals surface area contributed by atoms with Gasteiger partial charge in [-0.3, -0.25) is 15.5 Å². The standard InChI is InChI=1S/C9H17N7O4S/c1-9(2,15-21(3,19)20)5-12-7-6(16(17)18)4-11-8(13-7)14-10/h4,15H,5,10H2,1-3H3,(H2,11,12,13,14). The highest BCUT2D eigenvalue weighted by molar-refractivity contribution is 7.88. The molecule has 21 heavy (non-hydrogen) atoms. The van der Waals surface area contributed by atoms with Crippen LogP contribution in [0.3, 0.4) is 0 Å². The van der Waals surface area contributed by atoms with Gasteiger partial charge in [-0.25, -0.2) is 24.0 Å². The molecule has 0 aliphatic heterocycles. The van der Waals surface area contributed by atoms with E-state index in [2.05, 4.69) is 25.4 Å². The van der Waals surface area contributed by atoms with Crippen LogP contribution in [0, 0.1) is 10.1 Å². The molecule has 1 heterocycles. The topological polar surface area (TPSA) is 165 Å². The number of aromatic nitrogens is 2. The number of nitrogens with two attached hydrogens (primary N) is 1. The van der Waals surface area contributed by atoms with Crippen molar-refractivity contribution in [2.45, 2.75) is 19.4 Å². The summed E-state index contributed by atoms with van der Waals surface area (Å²) >= 11 is 0. The van der Waals surface area contributed by atoms with E-state index in [4.69, 9.17) is 5.84 Å². The normalized spacial score (nSPS) is 12.0. The van der Waals surface area contributed by atoms with Crippen molar-refractivity contribution in [1.29, 1.82) is 0 Å². The number of nitrogens with one attached hydrogen (secondary N) is 3. The molecule has 0 atom stereocenters. The van der Waals surface area contributed by atoms with Crippen molar-refractivity contribution < 1.29 is 13.3 Å². The molecule has 0 aliphatic rings. The molecule has 12 heteroatoms. The number of nitrogens with zero attached hydrogens (tertiary/aromatic N) is 3. The number of hydrogen-bond donors (Lipinski definition) is 4. The van der Waals surface area contributed by atoms with Gasteiger partial charge < -0.3 is 5.32 Å². The lowest BCUT2D eigenvalue weighted by Gasteiger charge is -2.25. The van der Waals surface area contributed by atoms with Gasteiger partial charge in [0.25, 0.3) is 0 Å². The number of nitrogen functional groups attached to an aromatic ring is 1. The van der Waals surface area contributed by atoms with E-state index in [1.165, 1.54) is 0 Å². The fourth-order valence-electron chi connectivity index (χ4n) is 1.55. The van der Waals surface area contributed by atoms with Crippen molar-refractivity contribution in [2.75, 3.05) is 23.5 Å². The van der Waals surface area contributed by atoms with E-state index >= 15 is 0 Å². The van der Waals surface area contributed by atoms with Crippen LogP contribution < -0.4 is 21.3 Å². The van der Waals surface area contributed by atoms with Crippen LogP contribution in [0.4, 0.5) is 17.5 Å². The molecule has 0 radical (unpaired) electrons. The van der Waals surface area contributed by atoms with Crippen LogP contribution in [0.15, 0.2) is 6.20 Å². The summed E-state index contributed by atoms with van der Waals surface area (Å²) in [5.74, 6) is 5.08. The Hall–Kier alpha value is -2.05. The van der Waals surface area contributed by atoms with Crippen molar-refractivity contribution in [3.8, 4) is 0 Å². The van der Waals surface area contributed by atoms with Gasteiger partial charge in [0, 0.05) is 12.1 Å². The Morgan fingerprint density at radius 2 is 2.10 bits per heavy atom. The van der Waals surface area contributed by atoms with Crippen molar-refractivity contribution in [2.24, 2.45) is 5.84 Å². The van der Waals surface area contributed by atoms with Crippen molar-refractivity contribution in [3.63, 3.8) is 0 Å². The van der Waals surface area contributed by atoms with E-state index in [9.17, 15) is 18.5 Å². The van der Waals surface area contributed by atoms with Gasteiger partial charge >= 0.3 is 5.69 Å². The molecule has 0 unspecified atom stereocenters. The SMILES string of the molecule is CC(C)(CNc1nc(NN)ncc1[N+](=O)[O-])NS(C)(=O)=O. The summed E-state index contributed by atoms with van der Waals surface area (Å²) in [6.45, 7) is 3.31. The van der Waals surface area contributed by atoms with Crippen LogP contribution in [0.1, 0.15) is 13.8 Å². The largest absolute Gasteiger partial charge is 0.362 e. The summed E-state index contributed by atoms with van der Waals surface area (Å²) in [6.07, 6.45) is 2.03. The third kappa shape index (κ3) is 5.45. The van der Waals surface area contributed by atoms with E-state index in [-0.39, 0.29) is 24.0 Å². The Morgan fingerprint density at radius 3 is 2.57 bits per heavy atom. The van der Waals surface area contributed by atoms with Gasteiger partial charge in [-0.05, 0) is 13.8 Å². The summed E-state index contributed by atoms with van der Waals surface area (Å²) < 4.78 is 24.9. The van der Waals surface area contributed by atoms with Gasteiger partial charge in [0.15, 0.2) is 0 Å². The van der Waals surface area contributed by atoms with Crippen LogP contribution in [-0.4, -0.2) is 41.6 Å². The quantitative estimate of drug-likeness (QED) is 0.292. The summed E-state index contributed by atoms with van der Waals surface area (Å²) in [6, 6.07) is 0. The zero-order valence-corrected chi connectivity index (χ0v) is 12.6. The molecule has 0 saturated heterocycles. The molecule has 0 fully saturated rings. The molecule has 0 amide bonds. The number of rotatable bonds is 7. The number of sulfonamides is 1. The molecule has 0 aliphatic carbocycles. The second-order valence-electron chi connectivity index (χ2n) is 4.94. The molecule has 0 aromatic carbocycles. The highest BCUT2D eigenvalue weighted by Crippen LogP contribution is 2.22. The molecule has 5 N–H and O–H groups in total. The van der Waals surface area contributed by atoms with Crippen molar-refractivity contribution in [3.05, 3.63) is 16.3 Å². The molecule has 11 nitrogen and oxygen atoms in total. The minimum atomic E-state index is -3.41. The molecular formula is C9H17N7O4S. The lowest BCUT2D eigenvalue weighted by molar-refractivity contribution is -0.384. The molecule has 1 aromatic rings. The summed E-state index contributed by atoms with van der Waals surface area (Å²) in [5.41, 5.74) is 0.957. The lowest BCUT2D eigenvalue weighted by atomic mass is 10.1. The summed E-state index contributed by atoms with van der Waals surface area (Å²) in [7, 11) is -3.41. The van der Waals surface area contributed by atoms with Crippen LogP contribution in [0.5, 0.6) is 0 Å². The van der Waals surface area contributed by atoms with E-state index < -0.39 is 20.5 Å². The highest BCUT2D eigenvalue weighted by Gasteiger charge is 2.24. The first-order valence-electron chi connectivity index (χ1n) is 5.75. The predicted molar refractivity (Wildman–Crippen MR) is 77.0 cm³/mol. The third-order valence-corrected chi connectivity index (χ3v) is 3.18. The highest BCUT2D eigenvalue weighted by atomic mass is 32.2. The van der Waals surface area contributed by atoms with Crippen LogP contribution >= 0.6 is 0 Å². The maximum Gasteiger partial charge on any atom is 0.329 e. The molecule has 0 saturated carbocycles. The average molecular weight is 319 g/mol. The fraction of sp³-hybridized carbons (Fsp3) is 0.556. The minimum Gasteiger partial charge on any atom is -0.362 e. The number of hydrazine groups is 1. The monoisotopic (exact) mass is 319 g/mol. The molecule has 1 rings (SSSR count). The first kappa shape index (κ1) is 17.0. The number of hydrogen-bond acceptors (Lipinski definition) is 9. The Kier molecular flexibility index (Phi) is 4.98. The smallest absolute Gasteiger partial charge is 0.329 e. The molecular weight excluding hydrogens is 302 g/mol. The number of anilines is 2. The van der Waals surface area contributed by atoms with Crippen molar-refractivity contribution in [1.82, 2.24) is 14.7 Å². The molecule has 118 valence electrons. The van der Waals surface area contributed by atoms with E-state index in [1.54, 1.807) is 13.8 Å². The Morgan fingerprint density at radius 1 is 1.48 bits per heavy atom. The third-order valence-electron chi connectivity index (χ3n) is 2.25. The van der Waals surface area contributed by atoms with Gasteiger partial charge in [0.2, 0.25) is 21.8 Å². The minimum absolute atomic E-state index is 0.00280. The summed E-state index contributed by atoms with van der Waals surface area (Å²) in [5, 5.41) is 13.6. The molecule has 0 spiro atoms. The average Bonchev–Trinajstić information content (AvgIpc) is 2.33. The van der Waals surface area contributed by atoms with E-state index in [0.29, 0.717) is 0 Å². The molecule has 1 aromatic heterocycles. The predicted octanol–water partition coefficient (Wildman–Crippen LogP) is -0.590. The Labute approximate surface area is 121 Å². The molecule has 0 bridgehead atoms. The van der Waals surface area contributed by atoms with Gasteiger partial charge in [-0.15, -0.1) is 0 Å². The zero-order valence-electron chi connectivity index (χ0n) is 11.7. The van der Waals surface area contributed by atoms with E-state index in [1.807, 2.05) is 0 Å². The maximum absolute atomic E-state index is 11.2. The van der Waals surface area contributed by atoms with Gasteiger partial charge in [-0.1, -0.05) is 0 Å². The number of nitro groups is 1. The van der Waals surface area contributed by atoms with Crippen LogP contribution in [-0.2, 0) is 10.0 Å². The fourth-order valence-corrected chi connectivity index (χ4v) is 2.63. The second-order valence-corrected chi connectivity index (χ2v) is 6.69. The Balaban J connectivity index is 2.94. The first-order valence-corrected chi connectivity index (χ1v) is 7.64. The van der Waals surface area contributed by atoms with Crippen molar-refractivity contribution >= 4 is 27.5 Å². The van der Waals surface area contributed by atoms with Gasteiger partial charge in [0.1, 0.15) is 6.20 Å². The first-order chi connectivity index (χ1) is 9.54. The van der Waals surface area contributed by atoms with Gasteiger partial charge in [-0.2, -0.15) is 4.98 Å². The van der Waals surface area contributed by atoms with E-state index in [0.717, 1.165) is 12.5 Å². The lowest BCUT2D eigenvalue weighted by Crippen LogP contribution is -2.47. The summed E-state index contributed by atoms with van der Waals surface area (Å²) in [4.78, 5) is 17.7.